The van der Waals surface area contributed by atoms with Crippen molar-refractivity contribution in [1.82, 2.24) is 9.97 Å². The van der Waals surface area contributed by atoms with Crippen LogP contribution < -0.4 is 17.2 Å². The topological polar surface area (TPSA) is 107 Å². The first-order valence-electron chi connectivity index (χ1n) is 2.52. The van der Waals surface area contributed by atoms with E-state index in [-0.39, 0.29) is 22.1 Å². The average molecular weight is 157 g/mol. The number of anilines is 3. The van der Waals surface area contributed by atoms with Crippen LogP contribution in [0.15, 0.2) is 0 Å². The Balaban J connectivity index is 3.46. The Bertz CT molecular complexity index is 303. The van der Waals surface area contributed by atoms with E-state index in [4.69, 9.17) is 29.4 Å². The molecular weight excluding hydrogens is 150 g/mol. The lowest BCUT2D eigenvalue weighted by Crippen LogP contribution is -2.04. The van der Waals surface area contributed by atoms with Gasteiger partial charge in [-0.3, -0.25) is 0 Å². The zero-order valence-corrected chi connectivity index (χ0v) is 5.90. The molecule has 1 aromatic heterocycles. The summed E-state index contributed by atoms with van der Waals surface area (Å²) >= 11 is 4.71. The third kappa shape index (κ3) is 1.01. The van der Waals surface area contributed by atoms with Crippen molar-refractivity contribution in [2.45, 2.75) is 0 Å². The molecule has 0 unspecified atom stereocenters. The Labute approximate surface area is 62.2 Å². The Morgan fingerprint density at radius 3 is 2.40 bits per heavy atom. The van der Waals surface area contributed by atoms with Gasteiger partial charge in [0.05, 0.1) is 0 Å². The van der Waals surface area contributed by atoms with Gasteiger partial charge in [-0.2, -0.15) is 0 Å². The minimum absolute atomic E-state index is 0.178. The zero-order valence-electron chi connectivity index (χ0n) is 5.09. The van der Waals surface area contributed by atoms with E-state index in [1.165, 1.54) is 0 Å². The number of nitrogen functional groups attached to an aromatic ring is 3. The maximum absolute atomic E-state index is 5.37. The number of H-pyrrole nitrogens is 1. The molecule has 1 heterocycles. The van der Waals surface area contributed by atoms with Crippen LogP contribution in [0.4, 0.5) is 17.5 Å². The highest BCUT2D eigenvalue weighted by atomic mass is 32.1. The summed E-state index contributed by atoms with van der Waals surface area (Å²) in [5.74, 6) is 0.439. The van der Waals surface area contributed by atoms with Gasteiger partial charge in [0.2, 0.25) is 0 Å². The molecule has 0 amide bonds. The number of aromatic nitrogens is 2. The summed E-state index contributed by atoms with van der Waals surface area (Å²) in [5, 5.41) is 0. The van der Waals surface area contributed by atoms with Crippen molar-refractivity contribution in [3.8, 4) is 0 Å². The second-order valence-electron chi connectivity index (χ2n) is 1.75. The van der Waals surface area contributed by atoms with Crippen molar-refractivity contribution in [3.63, 3.8) is 0 Å². The summed E-state index contributed by atoms with van der Waals surface area (Å²) in [5.41, 5.74) is 16.3. The molecule has 0 aromatic carbocycles. The first-order valence-corrected chi connectivity index (χ1v) is 2.93. The SMILES string of the molecule is Nc1nc(=S)c(N)c(N)[nH]1. The van der Waals surface area contributed by atoms with Crippen molar-refractivity contribution < 1.29 is 0 Å². The van der Waals surface area contributed by atoms with Gasteiger partial charge < -0.3 is 22.2 Å². The summed E-state index contributed by atoms with van der Waals surface area (Å²) in [6.45, 7) is 0. The highest BCUT2D eigenvalue weighted by molar-refractivity contribution is 7.71. The largest absolute Gasteiger partial charge is 0.393 e. The Hall–Kier alpha value is -1.30. The van der Waals surface area contributed by atoms with E-state index in [0.717, 1.165) is 0 Å². The van der Waals surface area contributed by atoms with Crippen LogP contribution in [0.25, 0.3) is 0 Å². The molecule has 7 N–H and O–H groups in total. The maximum atomic E-state index is 5.37. The van der Waals surface area contributed by atoms with Gasteiger partial charge in [0.15, 0.2) is 10.6 Å². The van der Waals surface area contributed by atoms with Crippen LogP contribution in [0.1, 0.15) is 0 Å². The molecule has 0 saturated carbocycles. The van der Waals surface area contributed by atoms with Gasteiger partial charge in [-0.25, -0.2) is 4.98 Å². The molecule has 5 nitrogen and oxygen atoms in total. The van der Waals surface area contributed by atoms with E-state index in [1.54, 1.807) is 0 Å². The highest BCUT2D eigenvalue weighted by Gasteiger charge is 1.97. The molecule has 6 heteroatoms. The fraction of sp³-hybridized carbons (Fsp3) is 0. The van der Waals surface area contributed by atoms with Crippen molar-refractivity contribution in [1.29, 1.82) is 0 Å². The van der Waals surface area contributed by atoms with E-state index in [2.05, 4.69) is 9.97 Å². The summed E-state index contributed by atoms with van der Waals surface area (Å²) < 4.78 is 0.230. The fourth-order valence-corrected chi connectivity index (χ4v) is 0.726. The molecule has 0 fully saturated rings. The number of rotatable bonds is 0. The van der Waals surface area contributed by atoms with Crippen LogP contribution in [0.2, 0.25) is 0 Å². The number of aromatic amines is 1. The molecule has 0 aliphatic carbocycles. The molecule has 54 valence electrons. The minimum Gasteiger partial charge on any atom is -0.393 e. The predicted molar refractivity (Wildman–Crippen MR) is 42.7 cm³/mol. The molecule has 1 rings (SSSR count). The molecule has 1 aromatic rings. The Morgan fingerprint density at radius 2 is 1.90 bits per heavy atom. The second-order valence-corrected chi connectivity index (χ2v) is 2.14. The Morgan fingerprint density at radius 1 is 1.30 bits per heavy atom. The first kappa shape index (κ1) is 6.81. The lowest BCUT2D eigenvalue weighted by molar-refractivity contribution is 1.18. The normalized spacial score (nSPS) is 9.60. The van der Waals surface area contributed by atoms with Crippen LogP contribution in [0, 0.1) is 4.64 Å². The van der Waals surface area contributed by atoms with E-state index in [1.807, 2.05) is 0 Å². The van der Waals surface area contributed by atoms with Gasteiger partial charge in [-0.05, 0) is 0 Å². The van der Waals surface area contributed by atoms with Crippen LogP contribution in [-0.2, 0) is 0 Å². The molecule has 0 atom stereocenters. The van der Waals surface area contributed by atoms with Gasteiger partial charge >= 0.3 is 0 Å². The smallest absolute Gasteiger partial charge is 0.200 e. The molecule has 10 heavy (non-hydrogen) atoms. The van der Waals surface area contributed by atoms with Gasteiger partial charge in [0.25, 0.3) is 0 Å². The number of hydrogen-bond donors (Lipinski definition) is 4. The Kier molecular flexibility index (Phi) is 1.46. The first-order chi connectivity index (χ1) is 4.61. The molecule has 0 aliphatic heterocycles. The molecule has 0 bridgehead atoms. The predicted octanol–water partition coefficient (Wildman–Crippen LogP) is -0.114. The summed E-state index contributed by atoms with van der Waals surface area (Å²) in [4.78, 5) is 6.20. The third-order valence-electron chi connectivity index (χ3n) is 1.01. The van der Waals surface area contributed by atoms with Crippen LogP contribution in [-0.4, -0.2) is 9.97 Å². The van der Waals surface area contributed by atoms with Gasteiger partial charge in [-0.1, -0.05) is 12.2 Å². The number of hydrogen-bond acceptors (Lipinski definition) is 5. The van der Waals surface area contributed by atoms with Crippen molar-refractivity contribution in [2.75, 3.05) is 17.2 Å². The summed E-state index contributed by atoms with van der Waals surface area (Å²) in [6, 6.07) is 0. The number of nitrogens with zero attached hydrogens (tertiary/aromatic N) is 1. The standard InChI is InChI=1S/C4H7N5S/c5-1-2(6)8-4(7)9-3(1)10/h5H2,(H5,6,7,8,9,10). The molecular formula is C4H7N5S. The van der Waals surface area contributed by atoms with Crippen LogP contribution >= 0.6 is 12.2 Å². The van der Waals surface area contributed by atoms with E-state index in [0.29, 0.717) is 0 Å². The minimum atomic E-state index is 0.178. The van der Waals surface area contributed by atoms with Crippen molar-refractivity contribution >= 4 is 29.7 Å². The second kappa shape index (κ2) is 2.14. The summed E-state index contributed by atoms with van der Waals surface area (Å²) in [7, 11) is 0. The summed E-state index contributed by atoms with van der Waals surface area (Å²) in [6.07, 6.45) is 0. The van der Waals surface area contributed by atoms with Crippen molar-refractivity contribution in [2.24, 2.45) is 0 Å². The van der Waals surface area contributed by atoms with Gasteiger partial charge in [0, 0.05) is 0 Å². The van der Waals surface area contributed by atoms with Crippen LogP contribution in [0.3, 0.4) is 0 Å². The lowest BCUT2D eigenvalue weighted by atomic mass is 10.5. The third-order valence-corrected chi connectivity index (χ3v) is 1.32. The van der Waals surface area contributed by atoms with E-state index in [9.17, 15) is 0 Å². The van der Waals surface area contributed by atoms with E-state index < -0.39 is 0 Å². The fourth-order valence-electron chi connectivity index (χ4n) is 0.518. The van der Waals surface area contributed by atoms with Crippen LogP contribution in [0.5, 0.6) is 0 Å². The van der Waals surface area contributed by atoms with E-state index >= 15 is 0 Å². The lowest BCUT2D eigenvalue weighted by Gasteiger charge is -1.99. The molecule has 0 radical (unpaired) electrons. The maximum Gasteiger partial charge on any atom is 0.200 e. The quantitative estimate of drug-likeness (QED) is 0.393. The van der Waals surface area contributed by atoms with Crippen molar-refractivity contribution in [3.05, 3.63) is 4.64 Å². The highest BCUT2D eigenvalue weighted by Crippen LogP contribution is 2.11. The number of nitrogens with one attached hydrogen (secondary N) is 1. The number of nitrogens with two attached hydrogens (primary N) is 3. The molecule has 0 spiro atoms. The molecule has 0 aliphatic rings. The molecule has 0 saturated heterocycles. The monoisotopic (exact) mass is 157 g/mol. The zero-order chi connectivity index (χ0) is 7.72. The van der Waals surface area contributed by atoms with Gasteiger partial charge in [-0.15, -0.1) is 0 Å². The van der Waals surface area contributed by atoms with Gasteiger partial charge in [0.1, 0.15) is 11.5 Å². The average Bonchev–Trinajstić information content (AvgIpc) is 1.82.